The van der Waals surface area contributed by atoms with Gasteiger partial charge in [0.1, 0.15) is 6.04 Å². The molecule has 7 heteroatoms. The highest BCUT2D eigenvalue weighted by Crippen LogP contribution is 2.31. The van der Waals surface area contributed by atoms with Gasteiger partial charge in [0.15, 0.2) is 0 Å². The monoisotopic (exact) mass is 418 g/mol. The lowest BCUT2D eigenvalue weighted by Crippen LogP contribution is -2.52. The molecular formula is C24H26N4O3. The molecule has 3 aliphatic heterocycles. The predicted octanol–water partition coefficient (Wildman–Crippen LogP) is 2.35. The number of hydrogen-bond donors (Lipinski definition) is 1. The zero-order valence-electron chi connectivity index (χ0n) is 17.6. The van der Waals surface area contributed by atoms with E-state index in [1.54, 1.807) is 4.90 Å². The van der Waals surface area contributed by atoms with Gasteiger partial charge >= 0.3 is 0 Å². The first-order chi connectivity index (χ1) is 15.0. The van der Waals surface area contributed by atoms with Crippen molar-refractivity contribution < 1.29 is 14.4 Å². The number of hydrogen-bond acceptors (Lipinski definition) is 5. The molecule has 0 radical (unpaired) electrons. The van der Waals surface area contributed by atoms with Crippen molar-refractivity contribution >= 4 is 17.7 Å². The largest absolute Gasteiger partial charge is 0.322 e. The van der Waals surface area contributed by atoms with Gasteiger partial charge < -0.3 is 4.90 Å². The lowest BCUT2D eigenvalue weighted by Gasteiger charge is -2.29. The molecule has 2 saturated heterocycles. The summed E-state index contributed by atoms with van der Waals surface area (Å²) in [7, 11) is 0. The van der Waals surface area contributed by atoms with Crippen LogP contribution in [0.15, 0.2) is 36.5 Å². The topological polar surface area (TPSA) is 82.6 Å². The number of nitrogens with zero attached hydrogens (tertiary/aromatic N) is 3. The average Bonchev–Trinajstić information content (AvgIpc) is 3.30. The van der Waals surface area contributed by atoms with Gasteiger partial charge in [0.2, 0.25) is 11.8 Å². The summed E-state index contributed by atoms with van der Waals surface area (Å²) in [4.78, 5) is 45.2. The third-order valence-electron chi connectivity index (χ3n) is 6.56. The normalized spacial score (nSPS) is 23.9. The number of nitrogens with one attached hydrogen (secondary N) is 1. The Labute approximate surface area is 181 Å². The Kier molecular flexibility index (Phi) is 5.06. The third kappa shape index (κ3) is 3.85. The van der Waals surface area contributed by atoms with E-state index < -0.39 is 6.04 Å². The van der Waals surface area contributed by atoms with E-state index in [0.717, 1.165) is 42.4 Å². The molecule has 0 aliphatic carbocycles. The summed E-state index contributed by atoms with van der Waals surface area (Å²) in [5, 5.41) is 2.34. The maximum absolute atomic E-state index is 12.9. The number of pyridine rings is 1. The van der Waals surface area contributed by atoms with Gasteiger partial charge in [-0.1, -0.05) is 13.0 Å². The van der Waals surface area contributed by atoms with Crippen LogP contribution in [0, 0.1) is 5.92 Å². The quantitative estimate of drug-likeness (QED) is 0.771. The minimum atomic E-state index is -0.592. The fraction of sp³-hybridized carbons (Fsp3) is 0.417. The first-order valence-electron chi connectivity index (χ1n) is 10.9. The number of carbonyl (C=O) groups is 3. The van der Waals surface area contributed by atoms with E-state index in [1.165, 1.54) is 12.0 Å². The second-order valence-electron chi connectivity index (χ2n) is 8.95. The fourth-order valence-electron chi connectivity index (χ4n) is 4.89. The van der Waals surface area contributed by atoms with Crippen LogP contribution in [0.4, 0.5) is 0 Å². The van der Waals surface area contributed by atoms with Gasteiger partial charge in [-0.25, -0.2) is 0 Å². The Bertz CT molecular complexity index is 1070. The zero-order chi connectivity index (χ0) is 21.5. The third-order valence-corrected chi connectivity index (χ3v) is 6.56. The summed E-state index contributed by atoms with van der Waals surface area (Å²) in [6.45, 7) is 5.86. The number of fused-ring (bicyclic) bond motifs is 1. The number of carbonyl (C=O) groups excluding carboxylic acids is 3. The van der Waals surface area contributed by atoms with Gasteiger partial charge in [-0.3, -0.25) is 29.6 Å². The van der Waals surface area contributed by atoms with Crippen molar-refractivity contribution in [1.82, 2.24) is 20.1 Å². The van der Waals surface area contributed by atoms with Gasteiger partial charge in [-0.05, 0) is 60.7 Å². The molecule has 1 N–H and O–H groups in total. The molecule has 0 saturated carbocycles. The molecule has 31 heavy (non-hydrogen) atoms. The minimum absolute atomic E-state index is 0.152. The second-order valence-corrected chi connectivity index (χ2v) is 8.95. The van der Waals surface area contributed by atoms with E-state index in [1.807, 2.05) is 24.4 Å². The van der Waals surface area contributed by atoms with Gasteiger partial charge in [-0.2, -0.15) is 0 Å². The van der Waals surface area contributed by atoms with Crippen LogP contribution in [0.3, 0.4) is 0 Å². The molecule has 0 bridgehead atoms. The Morgan fingerprint density at radius 1 is 1.13 bits per heavy atom. The predicted molar refractivity (Wildman–Crippen MR) is 115 cm³/mol. The van der Waals surface area contributed by atoms with E-state index in [9.17, 15) is 14.4 Å². The Morgan fingerprint density at radius 2 is 2.00 bits per heavy atom. The minimum Gasteiger partial charge on any atom is -0.322 e. The molecule has 3 aliphatic rings. The van der Waals surface area contributed by atoms with Crippen LogP contribution in [0.1, 0.15) is 47.7 Å². The smallest absolute Gasteiger partial charge is 0.255 e. The highest BCUT2D eigenvalue weighted by molar-refractivity contribution is 6.05. The molecular weight excluding hydrogens is 392 g/mol. The van der Waals surface area contributed by atoms with Crippen LogP contribution in [0.5, 0.6) is 0 Å². The molecule has 1 aromatic carbocycles. The van der Waals surface area contributed by atoms with Crippen molar-refractivity contribution in [3.63, 3.8) is 0 Å². The van der Waals surface area contributed by atoms with Gasteiger partial charge in [-0.15, -0.1) is 0 Å². The summed E-state index contributed by atoms with van der Waals surface area (Å²) in [5.41, 5.74) is 4.61. The number of benzene rings is 1. The van der Waals surface area contributed by atoms with Crippen LogP contribution >= 0.6 is 0 Å². The summed E-state index contributed by atoms with van der Waals surface area (Å²) >= 11 is 0. The van der Waals surface area contributed by atoms with Crippen LogP contribution in [-0.2, 0) is 22.7 Å². The zero-order valence-corrected chi connectivity index (χ0v) is 17.6. The number of aromatic nitrogens is 1. The van der Waals surface area contributed by atoms with E-state index in [0.29, 0.717) is 18.5 Å². The Balaban J connectivity index is 1.35. The summed E-state index contributed by atoms with van der Waals surface area (Å²) in [6, 6.07) is 9.35. The molecule has 0 spiro atoms. The van der Waals surface area contributed by atoms with Gasteiger partial charge in [0.25, 0.3) is 5.91 Å². The lowest BCUT2D eigenvalue weighted by molar-refractivity contribution is -0.136. The van der Waals surface area contributed by atoms with Crippen LogP contribution < -0.4 is 5.32 Å². The van der Waals surface area contributed by atoms with E-state index >= 15 is 0 Å². The van der Waals surface area contributed by atoms with Crippen LogP contribution in [0.25, 0.3) is 11.3 Å². The van der Waals surface area contributed by atoms with Gasteiger partial charge in [0, 0.05) is 43.4 Å². The summed E-state index contributed by atoms with van der Waals surface area (Å²) < 4.78 is 0. The lowest BCUT2D eigenvalue weighted by atomic mass is 10.0. The Morgan fingerprint density at radius 3 is 2.77 bits per heavy atom. The second kappa shape index (κ2) is 7.89. The molecule has 4 heterocycles. The van der Waals surface area contributed by atoms with E-state index in [-0.39, 0.29) is 24.1 Å². The molecule has 1 unspecified atom stereocenters. The highest BCUT2D eigenvalue weighted by atomic mass is 16.2. The van der Waals surface area contributed by atoms with Crippen molar-refractivity contribution in [3.8, 4) is 11.3 Å². The van der Waals surface area contributed by atoms with Crippen molar-refractivity contribution in [2.45, 2.75) is 45.3 Å². The molecule has 5 rings (SSSR count). The number of piperidine rings is 1. The molecule has 2 atom stereocenters. The first kappa shape index (κ1) is 19.9. The SMILES string of the molecule is C[C@@H]1CCN(Cc2ccnc(-c3ccc4c(c3)CN(C3CCC(=O)NC3=O)C4=O)c2)C1. The van der Waals surface area contributed by atoms with Crippen LogP contribution in [-0.4, -0.2) is 51.6 Å². The summed E-state index contributed by atoms with van der Waals surface area (Å²) in [5.74, 6) is -0.0611. The summed E-state index contributed by atoms with van der Waals surface area (Å²) in [6.07, 6.45) is 3.73. The maximum Gasteiger partial charge on any atom is 0.255 e. The molecule has 7 nitrogen and oxygen atoms in total. The fourth-order valence-corrected chi connectivity index (χ4v) is 4.89. The molecule has 160 valence electrons. The van der Waals surface area contributed by atoms with Gasteiger partial charge in [0.05, 0.1) is 5.69 Å². The molecule has 1 aromatic heterocycles. The van der Waals surface area contributed by atoms with E-state index in [4.69, 9.17) is 0 Å². The average molecular weight is 418 g/mol. The van der Waals surface area contributed by atoms with Crippen molar-refractivity contribution in [2.24, 2.45) is 5.92 Å². The molecule has 3 amide bonds. The van der Waals surface area contributed by atoms with Crippen LogP contribution in [0.2, 0.25) is 0 Å². The van der Waals surface area contributed by atoms with E-state index in [2.05, 4.69) is 34.3 Å². The Hall–Kier alpha value is -3.06. The molecule has 2 fully saturated rings. The number of likely N-dealkylation sites (tertiary alicyclic amines) is 1. The maximum atomic E-state index is 12.9. The standard InChI is InChI=1S/C24H26N4O3/c1-15-7-9-27(12-15)13-16-6-8-25-20(10-16)17-2-3-19-18(11-17)14-28(24(19)31)21-4-5-22(29)26-23(21)30/h2-3,6,8,10-11,15,21H,4-5,7,9,12-14H2,1H3,(H,26,29,30)/t15-,21?/m1/s1. The number of imide groups is 1. The molecule has 2 aromatic rings. The number of amides is 3. The van der Waals surface area contributed by atoms with Crippen molar-refractivity contribution in [1.29, 1.82) is 0 Å². The number of rotatable bonds is 4. The first-order valence-corrected chi connectivity index (χ1v) is 10.9. The van der Waals surface area contributed by atoms with Crippen molar-refractivity contribution in [3.05, 3.63) is 53.2 Å². The highest BCUT2D eigenvalue weighted by Gasteiger charge is 2.39. The van der Waals surface area contributed by atoms with Crippen molar-refractivity contribution in [2.75, 3.05) is 13.1 Å².